The van der Waals surface area contributed by atoms with Gasteiger partial charge in [-0.25, -0.2) is 0 Å². The molecule has 0 N–H and O–H groups in total. The normalized spacial score (nSPS) is 10.8. The minimum atomic E-state index is -0.423. The maximum absolute atomic E-state index is 12.2. The molecule has 0 aliphatic heterocycles. The number of methoxy groups -OCH3 is 4. The zero-order valence-electron chi connectivity index (χ0n) is 18.7. The summed E-state index contributed by atoms with van der Waals surface area (Å²) in [7, 11) is 5.72. The third-order valence-corrected chi connectivity index (χ3v) is 4.59. The Kier molecular flexibility index (Phi) is 9.11. The van der Waals surface area contributed by atoms with Crippen molar-refractivity contribution in [2.24, 2.45) is 0 Å². The standard InChI is InChI=1S/C25H24O8/c1-30-22-11-16(9-18(14-26)24(22)32-3)5-7-20(28)13-21(29)8-6-17-10-19(15-27)25(33-4)23(12-17)31-2/h5-12,14-15H,13H2,1-4H3/b7-5+,8-6+. The van der Waals surface area contributed by atoms with Gasteiger partial charge in [-0.15, -0.1) is 0 Å². The van der Waals surface area contributed by atoms with Crippen LogP contribution in [0.4, 0.5) is 0 Å². The fourth-order valence-corrected chi connectivity index (χ4v) is 3.07. The van der Waals surface area contributed by atoms with E-state index in [2.05, 4.69) is 0 Å². The Bertz CT molecular complexity index is 1020. The van der Waals surface area contributed by atoms with Gasteiger partial charge < -0.3 is 18.9 Å². The van der Waals surface area contributed by atoms with Crippen molar-refractivity contribution >= 4 is 36.3 Å². The summed E-state index contributed by atoms with van der Waals surface area (Å²) in [5.74, 6) is 0.435. The van der Waals surface area contributed by atoms with E-state index < -0.39 is 11.6 Å². The molecule has 0 amide bonds. The van der Waals surface area contributed by atoms with E-state index in [0.29, 0.717) is 46.7 Å². The van der Waals surface area contributed by atoms with E-state index in [1.807, 2.05) is 0 Å². The van der Waals surface area contributed by atoms with Crippen molar-refractivity contribution in [2.75, 3.05) is 28.4 Å². The van der Waals surface area contributed by atoms with E-state index in [9.17, 15) is 19.2 Å². The first-order valence-corrected chi connectivity index (χ1v) is 9.74. The van der Waals surface area contributed by atoms with Gasteiger partial charge in [0.1, 0.15) is 0 Å². The smallest absolute Gasteiger partial charge is 0.171 e. The topological polar surface area (TPSA) is 105 Å². The summed E-state index contributed by atoms with van der Waals surface area (Å²) in [5.41, 5.74) is 1.62. The fraction of sp³-hybridized carbons (Fsp3) is 0.200. The number of rotatable bonds is 12. The lowest BCUT2D eigenvalue weighted by Gasteiger charge is -2.10. The number of hydrogen-bond donors (Lipinski definition) is 0. The van der Waals surface area contributed by atoms with E-state index in [0.717, 1.165) is 0 Å². The van der Waals surface area contributed by atoms with Gasteiger partial charge in [-0.2, -0.15) is 0 Å². The van der Waals surface area contributed by atoms with Crippen molar-refractivity contribution in [2.45, 2.75) is 6.42 Å². The van der Waals surface area contributed by atoms with E-state index in [-0.39, 0.29) is 17.5 Å². The Morgan fingerprint density at radius 2 is 1.06 bits per heavy atom. The largest absolute Gasteiger partial charge is 0.493 e. The van der Waals surface area contributed by atoms with E-state index in [4.69, 9.17) is 18.9 Å². The molecule has 2 rings (SSSR count). The van der Waals surface area contributed by atoms with Crippen LogP contribution in [0, 0.1) is 0 Å². The molecule has 2 aromatic carbocycles. The van der Waals surface area contributed by atoms with Crippen LogP contribution in [-0.4, -0.2) is 52.6 Å². The van der Waals surface area contributed by atoms with Gasteiger partial charge in [0.15, 0.2) is 47.1 Å². The molecule has 0 heterocycles. The van der Waals surface area contributed by atoms with Gasteiger partial charge in [0.05, 0.1) is 46.0 Å². The molecule has 0 saturated heterocycles. The number of carbonyl (C=O) groups is 4. The van der Waals surface area contributed by atoms with E-state index in [1.165, 1.54) is 52.7 Å². The molecule has 172 valence electrons. The van der Waals surface area contributed by atoms with Gasteiger partial charge in [-0.3, -0.25) is 19.2 Å². The molecule has 8 nitrogen and oxygen atoms in total. The molecule has 0 aromatic heterocycles. The van der Waals surface area contributed by atoms with Gasteiger partial charge in [-0.05, 0) is 47.5 Å². The third kappa shape index (κ3) is 6.39. The van der Waals surface area contributed by atoms with Gasteiger partial charge in [0.25, 0.3) is 0 Å². The molecule has 0 saturated carbocycles. The third-order valence-electron chi connectivity index (χ3n) is 4.59. The first-order valence-electron chi connectivity index (χ1n) is 9.74. The molecule has 0 radical (unpaired) electrons. The highest BCUT2D eigenvalue weighted by atomic mass is 16.5. The molecule has 0 bridgehead atoms. The lowest BCUT2D eigenvalue weighted by Crippen LogP contribution is -2.02. The number of hydrogen-bond acceptors (Lipinski definition) is 8. The number of carbonyl (C=O) groups excluding carboxylic acids is 4. The zero-order valence-corrected chi connectivity index (χ0v) is 18.7. The fourth-order valence-electron chi connectivity index (χ4n) is 3.07. The first kappa shape index (κ1) is 25.1. The number of aldehydes is 2. The second kappa shape index (κ2) is 12.0. The molecule has 8 heteroatoms. The minimum Gasteiger partial charge on any atom is -0.493 e. The van der Waals surface area contributed by atoms with Crippen molar-refractivity contribution in [3.8, 4) is 23.0 Å². The maximum Gasteiger partial charge on any atom is 0.171 e. The highest BCUT2D eigenvalue weighted by Gasteiger charge is 2.13. The molecule has 33 heavy (non-hydrogen) atoms. The summed E-state index contributed by atoms with van der Waals surface area (Å²) < 4.78 is 20.7. The molecule has 0 aliphatic rings. The lowest BCUT2D eigenvalue weighted by atomic mass is 10.1. The van der Waals surface area contributed by atoms with Crippen LogP contribution in [0.25, 0.3) is 12.2 Å². The molecular weight excluding hydrogens is 428 g/mol. The Labute approximate surface area is 191 Å². The maximum atomic E-state index is 12.2. The predicted octanol–water partition coefficient (Wildman–Crippen LogP) is 3.60. The van der Waals surface area contributed by atoms with Crippen LogP contribution in [0.3, 0.4) is 0 Å². The van der Waals surface area contributed by atoms with Crippen LogP contribution in [0.5, 0.6) is 23.0 Å². The van der Waals surface area contributed by atoms with Gasteiger partial charge in [0, 0.05) is 0 Å². The highest BCUT2D eigenvalue weighted by Crippen LogP contribution is 2.33. The molecule has 0 fully saturated rings. The molecular formula is C25H24O8. The molecule has 0 aliphatic carbocycles. The summed E-state index contributed by atoms with van der Waals surface area (Å²) in [4.78, 5) is 47.0. The quantitative estimate of drug-likeness (QED) is 0.273. The number of allylic oxidation sites excluding steroid dienone is 2. The van der Waals surface area contributed by atoms with Gasteiger partial charge in [0.2, 0.25) is 0 Å². The first-order chi connectivity index (χ1) is 15.9. The minimum absolute atomic E-state index is 0.271. The summed E-state index contributed by atoms with van der Waals surface area (Å²) in [5, 5.41) is 0. The Hall–Kier alpha value is -4.20. The summed E-state index contributed by atoms with van der Waals surface area (Å²) in [6, 6.07) is 6.31. The zero-order chi connectivity index (χ0) is 24.4. The number of benzene rings is 2. The summed E-state index contributed by atoms with van der Waals surface area (Å²) in [6.45, 7) is 0. The summed E-state index contributed by atoms with van der Waals surface area (Å²) >= 11 is 0. The Morgan fingerprint density at radius 1 is 0.667 bits per heavy atom. The van der Waals surface area contributed by atoms with Gasteiger partial charge >= 0.3 is 0 Å². The van der Waals surface area contributed by atoms with E-state index >= 15 is 0 Å². The SMILES string of the molecule is COc1cc(/C=C/C(=O)CC(=O)/C=C/c2cc(C=O)c(OC)c(OC)c2)cc(C=O)c1OC. The summed E-state index contributed by atoms with van der Waals surface area (Å²) in [6.07, 6.45) is 6.37. The van der Waals surface area contributed by atoms with Crippen molar-refractivity contribution in [3.63, 3.8) is 0 Å². The molecule has 0 unspecified atom stereocenters. The average molecular weight is 452 g/mol. The average Bonchev–Trinajstić information content (AvgIpc) is 2.84. The van der Waals surface area contributed by atoms with Crippen LogP contribution < -0.4 is 18.9 Å². The van der Waals surface area contributed by atoms with Crippen LogP contribution in [0.2, 0.25) is 0 Å². The van der Waals surface area contributed by atoms with Crippen LogP contribution in [0.1, 0.15) is 38.3 Å². The highest BCUT2D eigenvalue weighted by molar-refractivity contribution is 6.11. The van der Waals surface area contributed by atoms with Crippen molar-refractivity contribution in [1.82, 2.24) is 0 Å². The van der Waals surface area contributed by atoms with Crippen LogP contribution in [0.15, 0.2) is 36.4 Å². The van der Waals surface area contributed by atoms with Gasteiger partial charge in [-0.1, -0.05) is 12.2 Å². The van der Waals surface area contributed by atoms with Crippen molar-refractivity contribution in [3.05, 3.63) is 58.7 Å². The Balaban J connectivity index is 2.12. The number of ketones is 2. The second-order valence-corrected chi connectivity index (χ2v) is 6.70. The molecule has 0 atom stereocenters. The van der Waals surface area contributed by atoms with Crippen molar-refractivity contribution < 1.29 is 38.1 Å². The van der Waals surface area contributed by atoms with Crippen molar-refractivity contribution in [1.29, 1.82) is 0 Å². The number of ether oxygens (including phenoxy) is 4. The predicted molar refractivity (Wildman–Crippen MR) is 123 cm³/mol. The van der Waals surface area contributed by atoms with Crippen LogP contribution >= 0.6 is 0 Å². The molecule has 2 aromatic rings. The second-order valence-electron chi connectivity index (χ2n) is 6.70. The lowest BCUT2D eigenvalue weighted by molar-refractivity contribution is -0.121. The van der Waals surface area contributed by atoms with Crippen LogP contribution in [-0.2, 0) is 9.59 Å². The Morgan fingerprint density at radius 3 is 1.36 bits per heavy atom. The van der Waals surface area contributed by atoms with E-state index in [1.54, 1.807) is 24.3 Å². The monoisotopic (exact) mass is 452 g/mol. The molecule has 0 spiro atoms.